The fourth-order valence-electron chi connectivity index (χ4n) is 2.42. The highest BCUT2D eigenvalue weighted by atomic mass is 32.1. The second-order valence-corrected chi connectivity index (χ2v) is 7.46. The molecule has 2 aromatic heterocycles. The monoisotopic (exact) mass is 364 g/mol. The third kappa shape index (κ3) is 7.53. The minimum atomic E-state index is -0.431. The van der Waals surface area contributed by atoms with Gasteiger partial charge >= 0.3 is 6.03 Å². The van der Waals surface area contributed by atoms with Gasteiger partial charge in [-0.1, -0.05) is 19.9 Å². The highest BCUT2D eigenvalue weighted by Crippen LogP contribution is 2.06. The van der Waals surface area contributed by atoms with Crippen LogP contribution in [0.25, 0.3) is 0 Å². The van der Waals surface area contributed by atoms with Crippen molar-refractivity contribution in [1.29, 1.82) is 0 Å². The third-order valence-electron chi connectivity index (χ3n) is 3.68. The maximum absolute atomic E-state index is 12.2. The van der Waals surface area contributed by atoms with E-state index in [1.165, 1.54) is 4.88 Å². The number of imide groups is 1. The Morgan fingerprint density at radius 2 is 2.08 bits per heavy atom. The standard InChI is InChI=1S/C18H25N3O3S/c1-14(2)7-8-19-18(23)20-17(22)13-21(11-15-5-3-9-24-15)12-16-6-4-10-25-16/h3-6,9-10,14H,7-8,11-13H2,1-2H3,(H2,19,20,22,23)/p+1. The Balaban J connectivity index is 1.84. The number of carbonyl (C=O) groups excluding carboxylic acids is 2. The van der Waals surface area contributed by atoms with E-state index >= 15 is 0 Å². The Bertz CT molecular complexity index is 602. The number of rotatable bonds is 9. The van der Waals surface area contributed by atoms with E-state index in [2.05, 4.69) is 24.5 Å². The van der Waals surface area contributed by atoms with Gasteiger partial charge in [0.1, 0.15) is 13.1 Å². The number of hydrogen-bond donors (Lipinski definition) is 3. The van der Waals surface area contributed by atoms with Crippen molar-refractivity contribution in [2.75, 3.05) is 13.1 Å². The Morgan fingerprint density at radius 3 is 2.72 bits per heavy atom. The third-order valence-corrected chi connectivity index (χ3v) is 4.56. The quantitative estimate of drug-likeness (QED) is 0.635. The highest BCUT2D eigenvalue weighted by molar-refractivity contribution is 7.09. The van der Waals surface area contributed by atoms with Crippen LogP contribution in [0.15, 0.2) is 40.3 Å². The molecule has 3 amide bonds. The zero-order chi connectivity index (χ0) is 18.1. The fraction of sp³-hybridized carbons (Fsp3) is 0.444. The summed E-state index contributed by atoms with van der Waals surface area (Å²) in [6.45, 7) is 6.25. The van der Waals surface area contributed by atoms with Gasteiger partial charge in [0.2, 0.25) is 0 Å². The summed E-state index contributed by atoms with van der Waals surface area (Å²) in [6, 6.07) is 7.33. The van der Waals surface area contributed by atoms with Gasteiger partial charge < -0.3 is 14.6 Å². The predicted molar refractivity (Wildman–Crippen MR) is 97.3 cm³/mol. The summed E-state index contributed by atoms with van der Waals surface area (Å²) >= 11 is 1.66. The molecule has 0 saturated carbocycles. The average Bonchev–Trinajstić information content (AvgIpc) is 3.20. The molecule has 136 valence electrons. The molecule has 1 unspecified atom stereocenters. The second-order valence-electron chi connectivity index (χ2n) is 6.43. The van der Waals surface area contributed by atoms with Crippen molar-refractivity contribution in [2.24, 2.45) is 5.92 Å². The van der Waals surface area contributed by atoms with E-state index in [0.29, 0.717) is 25.6 Å². The van der Waals surface area contributed by atoms with Gasteiger partial charge in [0.05, 0.1) is 11.1 Å². The first kappa shape index (κ1) is 19.2. The lowest BCUT2D eigenvalue weighted by Crippen LogP contribution is -3.10. The van der Waals surface area contributed by atoms with Gasteiger partial charge in [0.15, 0.2) is 12.3 Å². The fourth-order valence-corrected chi connectivity index (χ4v) is 3.20. The van der Waals surface area contributed by atoms with Gasteiger partial charge in [0.25, 0.3) is 5.91 Å². The van der Waals surface area contributed by atoms with Crippen LogP contribution in [0.3, 0.4) is 0 Å². The average molecular weight is 364 g/mol. The molecule has 0 spiro atoms. The highest BCUT2D eigenvalue weighted by Gasteiger charge is 2.19. The Kier molecular flexibility index (Phi) is 7.69. The van der Waals surface area contributed by atoms with E-state index in [-0.39, 0.29) is 12.5 Å². The first-order valence-electron chi connectivity index (χ1n) is 8.49. The lowest BCUT2D eigenvalue weighted by Gasteiger charge is -2.17. The molecule has 2 heterocycles. The predicted octanol–water partition coefficient (Wildman–Crippen LogP) is 1.80. The van der Waals surface area contributed by atoms with Gasteiger partial charge in [-0.15, -0.1) is 11.3 Å². The molecule has 25 heavy (non-hydrogen) atoms. The summed E-state index contributed by atoms with van der Waals surface area (Å²) < 4.78 is 5.39. The minimum Gasteiger partial charge on any atom is -0.463 e. The first-order valence-corrected chi connectivity index (χ1v) is 9.37. The van der Waals surface area contributed by atoms with Gasteiger partial charge in [-0.05, 0) is 35.9 Å². The molecule has 6 nitrogen and oxygen atoms in total. The second kappa shape index (κ2) is 10.0. The number of quaternary nitrogens is 1. The minimum absolute atomic E-state index is 0.205. The van der Waals surface area contributed by atoms with Crippen LogP contribution in [-0.4, -0.2) is 25.0 Å². The topological polar surface area (TPSA) is 75.8 Å². The van der Waals surface area contributed by atoms with E-state index in [1.54, 1.807) is 17.6 Å². The molecule has 2 rings (SSSR count). The van der Waals surface area contributed by atoms with Crippen molar-refractivity contribution in [3.05, 3.63) is 46.5 Å². The van der Waals surface area contributed by atoms with Crippen LogP contribution in [0, 0.1) is 5.92 Å². The summed E-state index contributed by atoms with van der Waals surface area (Å²) in [4.78, 5) is 26.2. The molecule has 7 heteroatoms. The smallest absolute Gasteiger partial charge is 0.321 e. The van der Waals surface area contributed by atoms with Crippen molar-refractivity contribution in [3.63, 3.8) is 0 Å². The maximum Gasteiger partial charge on any atom is 0.321 e. The molecule has 3 N–H and O–H groups in total. The van der Waals surface area contributed by atoms with Crippen LogP contribution < -0.4 is 15.5 Å². The van der Waals surface area contributed by atoms with Gasteiger partial charge in [0, 0.05) is 6.54 Å². The van der Waals surface area contributed by atoms with Crippen LogP contribution in [0.5, 0.6) is 0 Å². The molecule has 0 saturated heterocycles. The Hall–Kier alpha value is -2.12. The molecule has 0 aliphatic heterocycles. The zero-order valence-corrected chi connectivity index (χ0v) is 15.5. The van der Waals surface area contributed by atoms with Gasteiger partial charge in [-0.2, -0.15) is 0 Å². The largest absolute Gasteiger partial charge is 0.463 e. The molecule has 0 aromatic carbocycles. The van der Waals surface area contributed by atoms with Gasteiger partial charge in [-0.3, -0.25) is 10.1 Å². The summed E-state index contributed by atoms with van der Waals surface area (Å²) in [5.41, 5.74) is 0. The number of nitrogens with one attached hydrogen (secondary N) is 3. The Morgan fingerprint density at radius 1 is 1.24 bits per heavy atom. The van der Waals surface area contributed by atoms with E-state index in [4.69, 9.17) is 4.42 Å². The molecule has 0 aliphatic rings. The lowest BCUT2D eigenvalue weighted by molar-refractivity contribution is -0.920. The summed E-state index contributed by atoms with van der Waals surface area (Å²) in [6.07, 6.45) is 2.51. The number of carbonyl (C=O) groups is 2. The number of urea groups is 1. The molecule has 0 aliphatic carbocycles. The molecular formula is C18H26N3O3S+. The van der Waals surface area contributed by atoms with Crippen LogP contribution in [0.4, 0.5) is 4.79 Å². The summed E-state index contributed by atoms with van der Waals surface area (Å²) in [5.74, 6) is 1.04. The molecule has 1 atom stereocenters. The number of thiophene rings is 1. The molecule has 0 bridgehead atoms. The van der Waals surface area contributed by atoms with Crippen molar-refractivity contribution < 1.29 is 18.9 Å². The van der Waals surface area contributed by atoms with Crippen molar-refractivity contribution >= 4 is 23.3 Å². The number of furan rings is 1. The van der Waals surface area contributed by atoms with E-state index in [9.17, 15) is 9.59 Å². The van der Waals surface area contributed by atoms with Crippen molar-refractivity contribution in [3.8, 4) is 0 Å². The van der Waals surface area contributed by atoms with Crippen molar-refractivity contribution in [1.82, 2.24) is 10.6 Å². The van der Waals surface area contributed by atoms with E-state index < -0.39 is 6.03 Å². The number of hydrogen-bond acceptors (Lipinski definition) is 4. The van der Waals surface area contributed by atoms with Crippen LogP contribution in [0.1, 0.15) is 30.9 Å². The molecular weight excluding hydrogens is 338 g/mol. The lowest BCUT2D eigenvalue weighted by atomic mass is 10.1. The van der Waals surface area contributed by atoms with Crippen LogP contribution in [0.2, 0.25) is 0 Å². The van der Waals surface area contributed by atoms with Crippen LogP contribution >= 0.6 is 11.3 Å². The van der Waals surface area contributed by atoms with Crippen molar-refractivity contribution in [2.45, 2.75) is 33.4 Å². The maximum atomic E-state index is 12.2. The summed E-state index contributed by atoms with van der Waals surface area (Å²) in [5, 5.41) is 7.13. The first-order chi connectivity index (χ1) is 12.0. The van der Waals surface area contributed by atoms with E-state index in [0.717, 1.165) is 17.1 Å². The number of amides is 3. The Labute approximate surface area is 152 Å². The molecule has 2 aromatic rings. The summed E-state index contributed by atoms with van der Waals surface area (Å²) in [7, 11) is 0. The van der Waals surface area contributed by atoms with Gasteiger partial charge in [-0.25, -0.2) is 4.79 Å². The van der Waals surface area contributed by atoms with Crippen LogP contribution in [-0.2, 0) is 17.9 Å². The molecule has 0 fully saturated rings. The normalized spacial score (nSPS) is 12.1. The van der Waals surface area contributed by atoms with E-state index in [1.807, 2.05) is 29.6 Å². The zero-order valence-electron chi connectivity index (χ0n) is 14.7. The SMILES string of the molecule is CC(C)CCNC(=O)NC(=O)C[NH+](Cc1ccco1)Cc1cccs1. The molecule has 0 radical (unpaired) electrons.